The Morgan fingerprint density at radius 3 is 2.69 bits per heavy atom. The minimum absolute atomic E-state index is 0.0139. The van der Waals surface area contributed by atoms with E-state index in [1.807, 2.05) is 59.2 Å². The Morgan fingerprint density at radius 2 is 1.91 bits per heavy atom. The summed E-state index contributed by atoms with van der Waals surface area (Å²) in [6.07, 6.45) is -0.209. The van der Waals surface area contributed by atoms with Crippen LogP contribution in [0.1, 0.15) is 0 Å². The molecule has 2 heterocycles. The second-order valence-corrected chi connectivity index (χ2v) is 8.32. The maximum absolute atomic E-state index is 12.8. The van der Waals surface area contributed by atoms with Gasteiger partial charge in [-0.05, 0) is 12.1 Å². The van der Waals surface area contributed by atoms with E-state index in [0.717, 1.165) is 17.1 Å². The number of methoxy groups -OCH3 is 1. The highest BCUT2D eigenvalue weighted by Crippen LogP contribution is 2.31. The molecule has 0 radical (unpaired) electrons. The molecule has 32 heavy (non-hydrogen) atoms. The molecule has 0 saturated heterocycles. The maximum atomic E-state index is 12.8. The Bertz CT molecular complexity index is 1040. The number of ether oxygens (including phenoxy) is 3. The zero-order chi connectivity index (χ0) is 22.3. The van der Waals surface area contributed by atoms with Gasteiger partial charge in [0.05, 0.1) is 25.4 Å². The van der Waals surface area contributed by atoms with E-state index < -0.39 is 0 Å². The number of fused-ring (bicyclic) bond motifs is 1. The zero-order valence-corrected chi connectivity index (χ0v) is 19.0. The van der Waals surface area contributed by atoms with Crippen molar-refractivity contribution in [2.45, 2.75) is 17.8 Å². The van der Waals surface area contributed by atoms with Gasteiger partial charge in [0.25, 0.3) is 0 Å². The summed E-state index contributed by atoms with van der Waals surface area (Å²) in [4.78, 5) is 14.4. The highest BCUT2D eigenvalue weighted by molar-refractivity contribution is 7.99. The molecule has 1 aliphatic rings. The Hall–Kier alpha value is -3.04. The summed E-state index contributed by atoms with van der Waals surface area (Å²) in [6.45, 7) is 1.99. The van der Waals surface area contributed by atoms with Crippen LogP contribution in [-0.4, -0.2) is 71.3 Å². The summed E-state index contributed by atoms with van der Waals surface area (Å²) in [5.74, 6) is 2.44. The van der Waals surface area contributed by atoms with Crippen molar-refractivity contribution in [3.05, 3.63) is 54.6 Å². The number of carbonyl (C=O) groups excluding carboxylic acids is 1. The van der Waals surface area contributed by atoms with E-state index in [9.17, 15) is 4.79 Å². The van der Waals surface area contributed by atoms with Crippen LogP contribution in [0, 0.1) is 0 Å². The SMILES string of the molecule is COCCn1c(SCC(=O)N(C)C[C@@H]2COc3ccccc3O2)nnc1-c1ccccc1. The number of rotatable bonds is 9. The third kappa shape index (κ3) is 5.23. The fourth-order valence-electron chi connectivity index (χ4n) is 3.38. The summed E-state index contributed by atoms with van der Waals surface area (Å²) in [6, 6.07) is 17.4. The van der Waals surface area contributed by atoms with Crippen molar-refractivity contribution in [3.8, 4) is 22.9 Å². The fraction of sp³-hybridized carbons (Fsp3) is 0.348. The second kappa shape index (κ2) is 10.5. The van der Waals surface area contributed by atoms with Crippen LogP contribution in [0.25, 0.3) is 11.4 Å². The van der Waals surface area contributed by atoms with Gasteiger partial charge in [-0.2, -0.15) is 0 Å². The number of amides is 1. The van der Waals surface area contributed by atoms with Crippen molar-refractivity contribution in [1.29, 1.82) is 0 Å². The quantitative estimate of drug-likeness (QED) is 0.460. The van der Waals surface area contributed by atoms with E-state index >= 15 is 0 Å². The molecule has 0 bridgehead atoms. The predicted octanol–water partition coefficient (Wildman–Crippen LogP) is 2.98. The average Bonchev–Trinajstić information content (AvgIpc) is 3.24. The van der Waals surface area contributed by atoms with E-state index in [4.69, 9.17) is 14.2 Å². The lowest BCUT2D eigenvalue weighted by Crippen LogP contribution is -2.42. The number of hydrogen-bond donors (Lipinski definition) is 0. The van der Waals surface area contributed by atoms with Gasteiger partial charge in [-0.25, -0.2) is 0 Å². The van der Waals surface area contributed by atoms with Crippen LogP contribution < -0.4 is 9.47 Å². The molecule has 0 fully saturated rings. The fourth-order valence-corrected chi connectivity index (χ4v) is 4.28. The van der Waals surface area contributed by atoms with Crippen LogP contribution >= 0.6 is 11.8 Å². The summed E-state index contributed by atoms with van der Waals surface area (Å²) in [5.41, 5.74) is 0.973. The molecule has 4 rings (SSSR count). The number of likely N-dealkylation sites (N-methyl/N-ethyl adjacent to an activating group) is 1. The van der Waals surface area contributed by atoms with Gasteiger partial charge in [0.1, 0.15) is 6.61 Å². The molecule has 2 aromatic carbocycles. The topological polar surface area (TPSA) is 78.7 Å². The Balaban J connectivity index is 1.36. The molecule has 8 nitrogen and oxygen atoms in total. The molecule has 1 aromatic heterocycles. The molecule has 1 amide bonds. The second-order valence-electron chi connectivity index (χ2n) is 7.38. The van der Waals surface area contributed by atoms with Crippen molar-refractivity contribution < 1.29 is 19.0 Å². The highest BCUT2D eigenvalue weighted by Gasteiger charge is 2.24. The molecule has 0 spiro atoms. The van der Waals surface area contributed by atoms with E-state index in [1.165, 1.54) is 11.8 Å². The summed E-state index contributed by atoms with van der Waals surface area (Å²) in [5, 5.41) is 9.36. The molecule has 0 aliphatic carbocycles. The van der Waals surface area contributed by atoms with Gasteiger partial charge in [-0.1, -0.05) is 54.2 Å². The minimum atomic E-state index is -0.209. The average molecular weight is 455 g/mol. The molecule has 168 valence electrons. The molecule has 1 atom stereocenters. The summed E-state index contributed by atoms with van der Waals surface area (Å²) < 4.78 is 18.9. The van der Waals surface area contributed by atoms with Gasteiger partial charge >= 0.3 is 0 Å². The highest BCUT2D eigenvalue weighted by atomic mass is 32.2. The van der Waals surface area contributed by atoms with Crippen LogP contribution in [0.5, 0.6) is 11.5 Å². The van der Waals surface area contributed by atoms with Crippen molar-refractivity contribution in [2.75, 3.05) is 39.7 Å². The van der Waals surface area contributed by atoms with E-state index in [2.05, 4.69) is 10.2 Å². The minimum Gasteiger partial charge on any atom is -0.486 e. The van der Waals surface area contributed by atoms with Gasteiger partial charge in [-0.15, -0.1) is 10.2 Å². The lowest BCUT2D eigenvalue weighted by atomic mass is 10.2. The normalized spacial score (nSPS) is 14.9. The molecule has 0 saturated carbocycles. The van der Waals surface area contributed by atoms with Gasteiger partial charge < -0.3 is 19.1 Å². The lowest BCUT2D eigenvalue weighted by Gasteiger charge is -2.29. The Kier molecular flexibility index (Phi) is 7.28. The van der Waals surface area contributed by atoms with Crippen LogP contribution in [-0.2, 0) is 16.1 Å². The van der Waals surface area contributed by atoms with Crippen molar-refractivity contribution in [2.24, 2.45) is 0 Å². The number of nitrogens with zero attached hydrogens (tertiary/aromatic N) is 4. The first-order valence-corrected chi connectivity index (χ1v) is 11.4. The molecular formula is C23H26N4O4S. The van der Waals surface area contributed by atoms with Gasteiger partial charge in [0, 0.05) is 19.7 Å². The lowest BCUT2D eigenvalue weighted by molar-refractivity contribution is -0.128. The van der Waals surface area contributed by atoms with Crippen molar-refractivity contribution in [1.82, 2.24) is 19.7 Å². The standard InChI is InChI=1S/C23H26N4O4S/c1-26(14-18-15-30-19-10-6-7-11-20(19)31-18)21(28)16-32-23-25-24-22(27(23)12-13-29-2)17-8-4-3-5-9-17/h3-11,18H,12-16H2,1-2H3/t18-/m1/s1. The van der Waals surface area contributed by atoms with Gasteiger partial charge in [0.2, 0.25) is 5.91 Å². The number of benzene rings is 2. The van der Waals surface area contributed by atoms with Crippen LogP contribution in [0.2, 0.25) is 0 Å². The molecule has 0 unspecified atom stereocenters. The summed E-state index contributed by atoms with van der Waals surface area (Å²) in [7, 11) is 3.44. The van der Waals surface area contributed by atoms with E-state index in [-0.39, 0.29) is 17.8 Å². The maximum Gasteiger partial charge on any atom is 0.232 e. The van der Waals surface area contributed by atoms with Gasteiger partial charge in [-0.3, -0.25) is 9.36 Å². The number of para-hydroxylation sites is 2. The first kappa shape index (κ1) is 22.2. The molecular weight excluding hydrogens is 428 g/mol. The largest absolute Gasteiger partial charge is 0.486 e. The predicted molar refractivity (Wildman–Crippen MR) is 122 cm³/mol. The monoisotopic (exact) mass is 454 g/mol. The first-order chi connectivity index (χ1) is 15.7. The number of aromatic nitrogens is 3. The van der Waals surface area contributed by atoms with Gasteiger partial charge in [0.15, 0.2) is 28.6 Å². The third-order valence-corrected chi connectivity index (χ3v) is 6.01. The zero-order valence-electron chi connectivity index (χ0n) is 18.1. The Labute approximate surface area is 191 Å². The first-order valence-electron chi connectivity index (χ1n) is 10.4. The third-order valence-electron chi connectivity index (χ3n) is 5.06. The number of carbonyl (C=O) groups is 1. The smallest absolute Gasteiger partial charge is 0.232 e. The molecule has 3 aromatic rings. The van der Waals surface area contributed by atoms with E-state index in [1.54, 1.807) is 19.1 Å². The Morgan fingerprint density at radius 1 is 1.16 bits per heavy atom. The molecule has 0 N–H and O–H groups in total. The molecule has 1 aliphatic heterocycles. The van der Waals surface area contributed by atoms with Crippen molar-refractivity contribution >= 4 is 17.7 Å². The number of hydrogen-bond acceptors (Lipinski definition) is 7. The van der Waals surface area contributed by atoms with Crippen LogP contribution in [0.15, 0.2) is 59.8 Å². The van der Waals surface area contributed by atoms with Crippen LogP contribution in [0.4, 0.5) is 0 Å². The number of thioether (sulfide) groups is 1. The van der Waals surface area contributed by atoms with E-state index in [0.29, 0.717) is 37.2 Å². The summed E-state index contributed by atoms with van der Waals surface area (Å²) >= 11 is 1.37. The molecule has 9 heteroatoms. The van der Waals surface area contributed by atoms with Crippen molar-refractivity contribution in [3.63, 3.8) is 0 Å². The van der Waals surface area contributed by atoms with Crippen LogP contribution in [0.3, 0.4) is 0 Å².